The van der Waals surface area contributed by atoms with Crippen LogP contribution in [-0.2, 0) is 4.79 Å². The molecule has 0 aromatic rings. The van der Waals surface area contributed by atoms with Crippen molar-refractivity contribution in [2.24, 2.45) is 5.92 Å². The van der Waals surface area contributed by atoms with E-state index in [1.54, 1.807) is 24.0 Å². The second-order valence-corrected chi connectivity index (χ2v) is 3.27. The van der Waals surface area contributed by atoms with E-state index in [2.05, 4.69) is 25.0 Å². The van der Waals surface area contributed by atoms with Crippen LogP contribution in [0.2, 0.25) is 0 Å². The van der Waals surface area contributed by atoms with Gasteiger partial charge in [0.05, 0.1) is 18.5 Å². The number of hydrogen-bond donors (Lipinski definition) is 0. The molecule has 0 saturated carbocycles. The Morgan fingerprint density at radius 3 is 2.79 bits per heavy atom. The summed E-state index contributed by atoms with van der Waals surface area (Å²) < 4.78 is 0. The molecule has 0 radical (unpaired) electrons. The Morgan fingerprint density at radius 1 is 1.57 bits per heavy atom. The standard InChI is InChI=1S/C12H15NO/c1-4-7-8-13-11(6-3)9-10(5-2)12(13)14/h5-6,10-11H,2-3,8-9H2,1H3/t10-,11+/m0/s1. The summed E-state index contributed by atoms with van der Waals surface area (Å²) in [6.07, 6.45) is 4.30. The second-order valence-electron chi connectivity index (χ2n) is 3.27. The topological polar surface area (TPSA) is 20.3 Å². The molecule has 1 aliphatic rings. The van der Waals surface area contributed by atoms with E-state index in [1.807, 2.05) is 0 Å². The van der Waals surface area contributed by atoms with Crippen molar-refractivity contribution in [2.45, 2.75) is 19.4 Å². The first-order valence-electron chi connectivity index (χ1n) is 4.69. The fourth-order valence-electron chi connectivity index (χ4n) is 1.64. The van der Waals surface area contributed by atoms with Crippen molar-refractivity contribution >= 4 is 5.91 Å². The van der Waals surface area contributed by atoms with Crippen molar-refractivity contribution in [1.82, 2.24) is 4.90 Å². The molecule has 0 N–H and O–H groups in total. The van der Waals surface area contributed by atoms with E-state index in [0.29, 0.717) is 6.54 Å². The van der Waals surface area contributed by atoms with Crippen LogP contribution in [0.5, 0.6) is 0 Å². The Labute approximate surface area is 85.3 Å². The van der Waals surface area contributed by atoms with Crippen molar-refractivity contribution in [2.75, 3.05) is 6.54 Å². The summed E-state index contributed by atoms with van der Waals surface area (Å²) in [7, 11) is 0. The van der Waals surface area contributed by atoms with Gasteiger partial charge in [-0.15, -0.1) is 19.1 Å². The van der Waals surface area contributed by atoms with Gasteiger partial charge in [0.25, 0.3) is 0 Å². The summed E-state index contributed by atoms with van der Waals surface area (Å²) in [5.41, 5.74) is 0. The van der Waals surface area contributed by atoms with Crippen LogP contribution in [0.4, 0.5) is 0 Å². The summed E-state index contributed by atoms with van der Waals surface area (Å²) >= 11 is 0. The molecular formula is C12H15NO. The molecule has 1 amide bonds. The van der Waals surface area contributed by atoms with Crippen LogP contribution in [0.15, 0.2) is 25.3 Å². The van der Waals surface area contributed by atoms with E-state index in [1.165, 1.54) is 0 Å². The normalized spacial score (nSPS) is 25.5. The smallest absolute Gasteiger partial charge is 0.230 e. The first kappa shape index (κ1) is 10.6. The number of hydrogen-bond acceptors (Lipinski definition) is 1. The highest BCUT2D eigenvalue weighted by Crippen LogP contribution is 2.25. The third-order valence-electron chi connectivity index (χ3n) is 2.48. The van der Waals surface area contributed by atoms with Gasteiger partial charge in [0.15, 0.2) is 0 Å². The molecule has 0 unspecified atom stereocenters. The molecule has 0 aliphatic carbocycles. The second kappa shape index (κ2) is 4.66. The van der Waals surface area contributed by atoms with Crippen LogP contribution in [0.3, 0.4) is 0 Å². The first-order valence-corrected chi connectivity index (χ1v) is 4.69. The van der Waals surface area contributed by atoms with Crippen LogP contribution in [0.25, 0.3) is 0 Å². The average Bonchev–Trinajstić information content (AvgIpc) is 2.52. The van der Waals surface area contributed by atoms with Crippen molar-refractivity contribution in [1.29, 1.82) is 0 Å². The van der Waals surface area contributed by atoms with E-state index in [-0.39, 0.29) is 17.9 Å². The molecule has 1 saturated heterocycles. The zero-order valence-corrected chi connectivity index (χ0v) is 8.49. The van der Waals surface area contributed by atoms with Crippen molar-refractivity contribution in [3.63, 3.8) is 0 Å². The minimum Gasteiger partial charge on any atom is -0.325 e. The molecule has 2 heteroatoms. The molecule has 2 atom stereocenters. The Hall–Kier alpha value is -1.49. The van der Waals surface area contributed by atoms with Gasteiger partial charge in [0.1, 0.15) is 0 Å². The predicted octanol–water partition coefficient (Wildman–Crippen LogP) is 1.60. The fraction of sp³-hybridized carbons (Fsp3) is 0.417. The Morgan fingerprint density at radius 2 is 2.29 bits per heavy atom. The molecule has 2 nitrogen and oxygen atoms in total. The van der Waals surface area contributed by atoms with Gasteiger partial charge in [-0.2, -0.15) is 0 Å². The van der Waals surface area contributed by atoms with E-state index in [4.69, 9.17) is 0 Å². The average molecular weight is 189 g/mol. The van der Waals surface area contributed by atoms with Gasteiger partial charge in [0.2, 0.25) is 5.91 Å². The molecule has 1 rings (SSSR count). The minimum absolute atomic E-state index is 0.0587. The molecule has 0 bridgehead atoms. The fourth-order valence-corrected chi connectivity index (χ4v) is 1.64. The number of amides is 1. The Kier molecular flexibility index (Phi) is 3.53. The van der Waals surface area contributed by atoms with Crippen molar-refractivity contribution < 1.29 is 4.79 Å². The lowest BCUT2D eigenvalue weighted by molar-refractivity contribution is -0.129. The maximum Gasteiger partial charge on any atom is 0.230 e. The largest absolute Gasteiger partial charge is 0.325 e. The zero-order chi connectivity index (χ0) is 10.6. The van der Waals surface area contributed by atoms with E-state index < -0.39 is 0 Å². The van der Waals surface area contributed by atoms with Crippen LogP contribution in [-0.4, -0.2) is 23.4 Å². The van der Waals surface area contributed by atoms with E-state index >= 15 is 0 Å². The number of rotatable bonds is 3. The molecule has 1 fully saturated rings. The quantitative estimate of drug-likeness (QED) is 0.488. The Balaban J connectivity index is 2.77. The number of carbonyl (C=O) groups is 1. The third-order valence-corrected chi connectivity index (χ3v) is 2.48. The molecule has 0 spiro atoms. The first-order chi connectivity index (χ1) is 6.74. The summed E-state index contributed by atoms with van der Waals surface area (Å²) in [6, 6.07) is 0.117. The highest BCUT2D eigenvalue weighted by Gasteiger charge is 2.35. The van der Waals surface area contributed by atoms with Gasteiger partial charge < -0.3 is 4.90 Å². The van der Waals surface area contributed by atoms with Gasteiger partial charge in [-0.25, -0.2) is 0 Å². The molecular weight excluding hydrogens is 174 g/mol. The molecule has 74 valence electrons. The molecule has 1 heterocycles. The molecule has 0 aromatic heterocycles. The SMILES string of the molecule is C=C[C@@H]1C[C@H](C=C)C(=O)N1CC#CC. The van der Waals surface area contributed by atoms with Gasteiger partial charge in [0, 0.05) is 0 Å². The van der Waals surface area contributed by atoms with Crippen molar-refractivity contribution in [3.8, 4) is 11.8 Å². The van der Waals surface area contributed by atoms with Crippen molar-refractivity contribution in [3.05, 3.63) is 25.3 Å². The summed E-state index contributed by atoms with van der Waals surface area (Å²) in [6.45, 7) is 9.66. The van der Waals surface area contributed by atoms with Gasteiger partial charge in [-0.1, -0.05) is 18.1 Å². The molecule has 0 aromatic carbocycles. The molecule has 14 heavy (non-hydrogen) atoms. The zero-order valence-electron chi connectivity index (χ0n) is 8.49. The van der Waals surface area contributed by atoms with Gasteiger partial charge in [-0.05, 0) is 13.3 Å². The lowest BCUT2D eigenvalue weighted by atomic mass is 10.1. The number of likely N-dealkylation sites (tertiary alicyclic amines) is 1. The minimum atomic E-state index is -0.0587. The van der Waals surface area contributed by atoms with E-state index in [9.17, 15) is 4.79 Å². The number of nitrogens with zero attached hydrogens (tertiary/aromatic N) is 1. The molecule has 1 aliphatic heterocycles. The predicted molar refractivity (Wildman–Crippen MR) is 57.5 cm³/mol. The lowest BCUT2D eigenvalue weighted by Gasteiger charge is -2.18. The highest BCUT2D eigenvalue weighted by atomic mass is 16.2. The Bertz CT molecular complexity index is 308. The highest BCUT2D eigenvalue weighted by molar-refractivity contribution is 5.83. The summed E-state index contributed by atoms with van der Waals surface area (Å²) in [5.74, 6) is 5.75. The van der Waals surface area contributed by atoms with Crippen LogP contribution < -0.4 is 0 Å². The van der Waals surface area contributed by atoms with Gasteiger partial charge in [-0.3, -0.25) is 4.79 Å². The summed E-state index contributed by atoms with van der Waals surface area (Å²) in [5, 5.41) is 0. The summed E-state index contributed by atoms with van der Waals surface area (Å²) in [4.78, 5) is 13.5. The monoisotopic (exact) mass is 189 g/mol. The lowest BCUT2D eigenvalue weighted by Crippen LogP contribution is -2.32. The third kappa shape index (κ3) is 1.88. The van der Waals surface area contributed by atoms with Gasteiger partial charge >= 0.3 is 0 Å². The maximum atomic E-state index is 11.8. The van der Waals surface area contributed by atoms with Crippen LogP contribution >= 0.6 is 0 Å². The van der Waals surface area contributed by atoms with Crippen LogP contribution in [0, 0.1) is 17.8 Å². The van der Waals surface area contributed by atoms with E-state index in [0.717, 1.165) is 6.42 Å². The maximum absolute atomic E-state index is 11.8. The van der Waals surface area contributed by atoms with Crippen LogP contribution in [0.1, 0.15) is 13.3 Å². The number of carbonyl (C=O) groups excluding carboxylic acids is 1.